The lowest BCUT2D eigenvalue weighted by molar-refractivity contribution is 0.535. The molecule has 0 radical (unpaired) electrons. The predicted molar refractivity (Wildman–Crippen MR) is 65.6 cm³/mol. The molecule has 0 spiro atoms. The van der Waals surface area contributed by atoms with Crippen molar-refractivity contribution in [3.8, 4) is 0 Å². The lowest BCUT2D eigenvalue weighted by Crippen LogP contribution is -2.20. The fourth-order valence-corrected chi connectivity index (χ4v) is 2.40. The van der Waals surface area contributed by atoms with Gasteiger partial charge in [0, 0.05) is 10.5 Å². The summed E-state index contributed by atoms with van der Waals surface area (Å²) in [7, 11) is 0. The van der Waals surface area contributed by atoms with Crippen molar-refractivity contribution in [2.45, 2.75) is 33.2 Å². The Labute approximate surface area is 95.0 Å². The van der Waals surface area contributed by atoms with Gasteiger partial charge in [-0.3, -0.25) is 0 Å². The molecule has 0 aromatic heterocycles. The van der Waals surface area contributed by atoms with Gasteiger partial charge in [-0.2, -0.15) is 0 Å². The fourth-order valence-electron chi connectivity index (χ4n) is 1.64. The summed E-state index contributed by atoms with van der Waals surface area (Å²) in [6.45, 7) is 7.48. The van der Waals surface area contributed by atoms with Crippen LogP contribution in [0, 0.1) is 6.92 Å². The van der Waals surface area contributed by atoms with E-state index in [4.69, 9.17) is 0 Å². The number of nitrogens with one attached hydrogen (secondary N) is 1. The molecule has 0 amide bonds. The number of halogens is 1. The standard InChI is InChI=1S/C12H18BrN/c1-4-12(14-5-2)10-7-6-9(3)8-11(10)13/h6-8,12,14H,4-5H2,1-3H3. The lowest BCUT2D eigenvalue weighted by Gasteiger charge is -2.18. The first-order chi connectivity index (χ1) is 6.69. The molecule has 1 aromatic rings. The molecule has 2 heteroatoms. The quantitative estimate of drug-likeness (QED) is 0.863. The van der Waals surface area contributed by atoms with Crippen molar-refractivity contribution < 1.29 is 0 Å². The third kappa shape index (κ3) is 2.82. The summed E-state index contributed by atoms with van der Waals surface area (Å²) in [5.74, 6) is 0. The summed E-state index contributed by atoms with van der Waals surface area (Å²) in [4.78, 5) is 0. The van der Waals surface area contributed by atoms with Crippen LogP contribution in [0.15, 0.2) is 22.7 Å². The van der Waals surface area contributed by atoms with Gasteiger partial charge in [-0.25, -0.2) is 0 Å². The Morgan fingerprint density at radius 3 is 2.57 bits per heavy atom. The number of hydrogen-bond donors (Lipinski definition) is 1. The number of hydrogen-bond acceptors (Lipinski definition) is 1. The Morgan fingerprint density at radius 1 is 1.36 bits per heavy atom. The maximum absolute atomic E-state index is 3.62. The van der Waals surface area contributed by atoms with Crippen LogP contribution in [0.4, 0.5) is 0 Å². The van der Waals surface area contributed by atoms with Gasteiger partial charge in [0.15, 0.2) is 0 Å². The summed E-state index contributed by atoms with van der Waals surface area (Å²) in [5, 5.41) is 3.48. The van der Waals surface area contributed by atoms with Crippen molar-refractivity contribution in [3.05, 3.63) is 33.8 Å². The third-order valence-corrected chi connectivity index (χ3v) is 3.08. The zero-order valence-corrected chi connectivity index (χ0v) is 10.7. The minimum Gasteiger partial charge on any atom is -0.310 e. The van der Waals surface area contributed by atoms with E-state index in [2.05, 4.69) is 60.2 Å². The Bertz CT molecular complexity index is 296. The van der Waals surface area contributed by atoms with Crippen LogP contribution in [0.1, 0.15) is 37.4 Å². The van der Waals surface area contributed by atoms with Gasteiger partial charge in [-0.1, -0.05) is 41.9 Å². The smallest absolute Gasteiger partial charge is 0.0328 e. The van der Waals surface area contributed by atoms with Crippen LogP contribution in [-0.2, 0) is 0 Å². The van der Waals surface area contributed by atoms with Gasteiger partial charge in [0.25, 0.3) is 0 Å². The van der Waals surface area contributed by atoms with E-state index >= 15 is 0 Å². The Morgan fingerprint density at radius 2 is 2.07 bits per heavy atom. The molecule has 78 valence electrons. The van der Waals surface area contributed by atoms with E-state index in [0.29, 0.717) is 6.04 Å². The van der Waals surface area contributed by atoms with Gasteiger partial charge < -0.3 is 5.32 Å². The van der Waals surface area contributed by atoms with Gasteiger partial charge in [0.2, 0.25) is 0 Å². The molecule has 0 aliphatic heterocycles. The van der Waals surface area contributed by atoms with Crippen LogP contribution in [0.5, 0.6) is 0 Å². The summed E-state index contributed by atoms with van der Waals surface area (Å²) < 4.78 is 1.21. The average Bonchev–Trinajstić information content (AvgIpc) is 2.15. The van der Waals surface area contributed by atoms with Gasteiger partial charge in [-0.05, 0) is 37.1 Å². The first-order valence-corrected chi connectivity index (χ1v) is 5.97. The molecule has 0 bridgehead atoms. The van der Waals surface area contributed by atoms with Crippen molar-refractivity contribution in [2.24, 2.45) is 0 Å². The third-order valence-electron chi connectivity index (χ3n) is 2.39. The van der Waals surface area contributed by atoms with Crippen LogP contribution < -0.4 is 5.32 Å². The molecule has 0 fully saturated rings. The topological polar surface area (TPSA) is 12.0 Å². The van der Waals surface area contributed by atoms with Crippen LogP contribution >= 0.6 is 15.9 Å². The maximum Gasteiger partial charge on any atom is 0.0328 e. The Balaban J connectivity index is 2.92. The molecule has 0 saturated carbocycles. The van der Waals surface area contributed by atoms with Crippen LogP contribution in [0.25, 0.3) is 0 Å². The Kier molecular flexibility index (Phi) is 4.63. The van der Waals surface area contributed by atoms with E-state index in [-0.39, 0.29) is 0 Å². The maximum atomic E-state index is 3.62. The van der Waals surface area contributed by atoms with E-state index in [1.165, 1.54) is 15.6 Å². The Hall–Kier alpha value is -0.340. The summed E-state index contributed by atoms with van der Waals surface area (Å²) in [6, 6.07) is 7.01. The van der Waals surface area contributed by atoms with Crippen LogP contribution in [0.2, 0.25) is 0 Å². The summed E-state index contributed by atoms with van der Waals surface area (Å²) >= 11 is 3.62. The van der Waals surface area contributed by atoms with Gasteiger partial charge in [0.1, 0.15) is 0 Å². The van der Waals surface area contributed by atoms with Crippen molar-refractivity contribution >= 4 is 15.9 Å². The molecule has 1 N–H and O–H groups in total. The molecule has 0 saturated heterocycles. The van der Waals surface area contributed by atoms with Crippen molar-refractivity contribution in [3.63, 3.8) is 0 Å². The highest BCUT2D eigenvalue weighted by Gasteiger charge is 2.10. The highest BCUT2D eigenvalue weighted by molar-refractivity contribution is 9.10. The molecule has 1 atom stereocenters. The molecule has 1 unspecified atom stereocenters. The molecule has 1 rings (SSSR count). The number of aryl methyl sites for hydroxylation is 1. The van der Waals surface area contributed by atoms with Crippen molar-refractivity contribution in [1.82, 2.24) is 5.32 Å². The fraction of sp³-hybridized carbons (Fsp3) is 0.500. The highest BCUT2D eigenvalue weighted by Crippen LogP contribution is 2.26. The van der Waals surface area contributed by atoms with Crippen molar-refractivity contribution in [2.75, 3.05) is 6.54 Å². The SMILES string of the molecule is CCNC(CC)c1ccc(C)cc1Br. The van der Waals surface area contributed by atoms with E-state index in [1.54, 1.807) is 0 Å². The van der Waals surface area contributed by atoms with Gasteiger partial charge in [-0.15, -0.1) is 0 Å². The first-order valence-electron chi connectivity index (χ1n) is 5.18. The molecular formula is C12H18BrN. The van der Waals surface area contributed by atoms with Crippen LogP contribution in [0.3, 0.4) is 0 Å². The second kappa shape index (κ2) is 5.52. The molecule has 1 aromatic carbocycles. The highest BCUT2D eigenvalue weighted by atomic mass is 79.9. The zero-order valence-electron chi connectivity index (χ0n) is 9.10. The van der Waals surface area contributed by atoms with Crippen LogP contribution in [-0.4, -0.2) is 6.54 Å². The van der Waals surface area contributed by atoms with Gasteiger partial charge >= 0.3 is 0 Å². The minimum atomic E-state index is 0.468. The average molecular weight is 256 g/mol. The number of rotatable bonds is 4. The van der Waals surface area contributed by atoms with Crippen molar-refractivity contribution in [1.29, 1.82) is 0 Å². The second-order valence-corrected chi connectivity index (χ2v) is 4.40. The molecule has 14 heavy (non-hydrogen) atoms. The number of benzene rings is 1. The molecule has 0 heterocycles. The van der Waals surface area contributed by atoms with E-state index in [9.17, 15) is 0 Å². The summed E-state index contributed by atoms with van der Waals surface area (Å²) in [5.41, 5.74) is 2.66. The molecule has 0 aliphatic rings. The molecule has 0 aliphatic carbocycles. The molecule has 1 nitrogen and oxygen atoms in total. The minimum absolute atomic E-state index is 0.468. The lowest BCUT2D eigenvalue weighted by atomic mass is 10.0. The second-order valence-electron chi connectivity index (χ2n) is 3.54. The van der Waals surface area contributed by atoms with E-state index in [1.807, 2.05) is 0 Å². The van der Waals surface area contributed by atoms with E-state index < -0.39 is 0 Å². The van der Waals surface area contributed by atoms with E-state index in [0.717, 1.165) is 13.0 Å². The largest absolute Gasteiger partial charge is 0.310 e. The van der Waals surface area contributed by atoms with Gasteiger partial charge in [0.05, 0.1) is 0 Å². The first kappa shape index (κ1) is 11.7. The predicted octanol–water partition coefficient (Wildman–Crippen LogP) is 3.82. The normalized spacial score (nSPS) is 12.9. The zero-order chi connectivity index (χ0) is 10.6. The monoisotopic (exact) mass is 255 g/mol. The molecular weight excluding hydrogens is 238 g/mol. The summed E-state index contributed by atoms with van der Waals surface area (Å²) in [6.07, 6.45) is 1.12.